The third kappa shape index (κ3) is 4.25. The van der Waals surface area contributed by atoms with Gasteiger partial charge in [0.25, 0.3) is 0 Å². The topological polar surface area (TPSA) is 82.5 Å². The van der Waals surface area contributed by atoms with Gasteiger partial charge in [0, 0.05) is 24.2 Å². The molecule has 7 heteroatoms. The van der Waals surface area contributed by atoms with E-state index in [1.807, 2.05) is 19.2 Å². The fourth-order valence-corrected chi connectivity index (χ4v) is 3.21. The predicted molar refractivity (Wildman–Crippen MR) is 80.2 cm³/mol. The minimum atomic E-state index is -0.756. The number of thiazole rings is 1. The van der Waals surface area contributed by atoms with Crippen molar-refractivity contribution in [3.05, 3.63) is 16.1 Å². The number of carbonyl (C=O) groups excluding carboxylic acids is 1. The molecule has 1 atom stereocenters. The molecule has 21 heavy (non-hydrogen) atoms. The van der Waals surface area contributed by atoms with Crippen LogP contribution in [0.1, 0.15) is 36.5 Å². The lowest BCUT2D eigenvalue weighted by Gasteiger charge is -2.30. The molecular weight excluding hydrogens is 290 g/mol. The number of aromatic nitrogens is 1. The normalized spacial score (nSPS) is 17.7. The fraction of sp³-hybridized carbons (Fsp3) is 0.643. The summed E-state index contributed by atoms with van der Waals surface area (Å²) in [6, 6.07) is 0.0456. The van der Waals surface area contributed by atoms with Crippen molar-refractivity contribution in [1.29, 1.82) is 0 Å². The van der Waals surface area contributed by atoms with Crippen LogP contribution in [0.25, 0.3) is 0 Å². The molecule has 116 valence electrons. The van der Waals surface area contributed by atoms with Crippen LogP contribution in [0.2, 0.25) is 0 Å². The highest BCUT2D eigenvalue weighted by atomic mass is 32.1. The van der Waals surface area contributed by atoms with E-state index >= 15 is 0 Å². The summed E-state index contributed by atoms with van der Waals surface area (Å²) in [5, 5.41) is 15.1. The minimum absolute atomic E-state index is 0.0268. The Bertz CT molecular complexity index is 509. The SMILES string of the molecule is Cc1csc(C(C)NCC(=O)N2CCC(C(=O)O)CC2)n1. The van der Waals surface area contributed by atoms with Gasteiger partial charge in [-0.15, -0.1) is 11.3 Å². The van der Waals surface area contributed by atoms with Gasteiger partial charge >= 0.3 is 5.97 Å². The van der Waals surface area contributed by atoms with Gasteiger partial charge < -0.3 is 10.0 Å². The molecule has 1 aromatic rings. The number of carboxylic acid groups (broad SMARTS) is 1. The molecule has 1 saturated heterocycles. The number of carbonyl (C=O) groups is 2. The van der Waals surface area contributed by atoms with E-state index in [0.29, 0.717) is 25.9 Å². The van der Waals surface area contributed by atoms with Gasteiger partial charge in [0.2, 0.25) is 5.91 Å². The third-order valence-electron chi connectivity index (χ3n) is 3.76. The van der Waals surface area contributed by atoms with Gasteiger partial charge in [0.15, 0.2) is 0 Å². The molecule has 0 saturated carbocycles. The molecule has 0 radical (unpaired) electrons. The molecule has 1 unspecified atom stereocenters. The molecule has 1 aliphatic rings. The Kier molecular flexibility index (Phi) is 5.30. The zero-order valence-electron chi connectivity index (χ0n) is 12.3. The van der Waals surface area contributed by atoms with Crippen molar-refractivity contribution in [3.63, 3.8) is 0 Å². The number of amides is 1. The van der Waals surface area contributed by atoms with E-state index in [2.05, 4.69) is 10.3 Å². The number of rotatable bonds is 5. The Hall–Kier alpha value is -1.47. The number of aliphatic carboxylic acids is 1. The number of hydrogen-bond donors (Lipinski definition) is 2. The van der Waals surface area contributed by atoms with E-state index < -0.39 is 5.97 Å². The Balaban J connectivity index is 1.76. The van der Waals surface area contributed by atoms with Crippen molar-refractivity contribution in [2.24, 2.45) is 5.92 Å². The first kappa shape index (κ1) is 15.9. The summed E-state index contributed by atoms with van der Waals surface area (Å²) in [6.07, 6.45) is 1.09. The highest BCUT2D eigenvalue weighted by Gasteiger charge is 2.26. The first-order valence-electron chi connectivity index (χ1n) is 7.13. The van der Waals surface area contributed by atoms with Crippen LogP contribution < -0.4 is 5.32 Å². The molecule has 1 aliphatic heterocycles. The lowest BCUT2D eigenvalue weighted by Crippen LogP contribution is -2.44. The van der Waals surface area contributed by atoms with Gasteiger partial charge in [0.1, 0.15) is 5.01 Å². The predicted octanol–water partition coefficient (Wildman–Crippen LogP) is 1.43. The average molecular weight is 311 g/mol. The standard InChI is InChI=1S/C14H21N3O3S/c1-9-8-21-13(16-9)10(2)15-7-12(18)17-5-3-11(4-6-17)14(19)20/h8,10-11,15H,3-7H2,1-2H3,(H,19,20). The first-order valence-corrected chi connectivity index (χ1v) is 8.01. The van der Waals surface area contributed by atoms with Crippen molar-refractivity contribution in [2.45, 2.75) is 32.7 Å². The molecule has 2 heterocycles. The highest BCUT2D eigenvalue weighted by molar-refractivity contribution is 7.09. The largest absolute Gasteiger partial charge is 0.481 e. The van der Waals surface area contributed by atoms with Crippen LogP contribution in [0.4, 0.5) is 0 Å². The Morgan fingerprint density at radius 1 is 1.52 bits per heavy atom. The summed E-state index contributed by atoms with van der Waals surface area (Å²) in [5.41, 5.74) is 0.991. The second-order valence-electron chi connectivity index (χ2n) is 5.42. The van der Waals surface area contributed by atoms with Crippen LogP contribution in [-0.4, -0.2) is 46.5 Å². The summed E-state index contributed by atoms with van der Waals surface area (Å²) in [7, 11) is 0. The summed E-state index contributed by atoms with van der Waals surface area (Å²) < 4.78 is 0. The number of piperidine rings is 1. The van der Waals surface area contributed by atoms with Crippen LogP contribution in [0.15, 0.2) is 5.38 Å². The third-order valence-corrected chi connectivity index (χ3v) is 4.91. The quantitative estimate of drug-likeness (QED) is 0.859. The maximum atomic E-state index is 12.1. The van der Waals surface area contributed by atoms with E-state index in [4.69, 9.17) is 5.11 Å². The van der Waals surface area contributed by atoms with Crippen LogP contribution in [0.3, 0.4) is 0 Å². The number of nitrogens with one attached hydrogen (secondary N) is 1. The van der Waals surface area contributed by atoms with Crippen molar-refractivity contribution >= 4 is 23.2 Å². The average Bonchev–Trinajstić information content (AvgIpc) is 2.91. The van der Waals surface area contributed by atoms with Crippen LogP contribution in [0, 0.1) is 12.8 Å². The molecular formula is C14H21N3O3S. The van der Waals surface area contributed by atoms with Crippen LogP contribution in [0.5, 0.6) is 0 Å². The van der Waals surface area contributed by atoms with Crippen molar-refractivity contribution in [1.82, 2.24) is 15.2 Å². The summed E-state index contributed by atoms with van der Waals surface area (Å²) >= 11 is 1.58. The molecule has 0 bridgehead atoms. The Morgan fingerprint density at radius 3 is 2.71 bits per heavy atom. The number of aryl methyl sites for hydroxylation is 1. The zero-order valence-corrected chi connectivity index (χ0v) is 13.2. The number of hydrogen-bond acceptors (Lipinski definition) is 5. The maximum Gasteiger partial charge on any atom is 0.306 e. The molecule has 2 N–H and O–H groups in total. The van der Waals surface area contributed by atoms with Gasteiger partial charge in [-0.1, -0.05) is 0 Å². The van der Waals surface area contributed by atoms with Gasteiger partial charge in [-0.3, -0.25) is 14.9 Å². The maximum absolute atomic E-state index is 12.1. The molecule has 2 rings (SSSR count). The smallest absolute Gasteiger partial charge is 0.306 e. The van der Waals surface area contributed by atoms with Gasteiger partial charge in [0.05, 0.1) is 18.5 Å². The first-order chi connectivity index (χ1) is 9.97. The van der Waals surface area contributed by atoms with E-state index in [1.54, 1.807) is 16.2 Å². The van der Waals surface area contributed by atoms with Gasteiger partial charge in [-0.25, -0.2) is 4.98 Å². The zero-order chi connectivity index (χ0) is 15.4. The van der Waals surface area contributed by atoms with E-state index in [0.717, 1.165) is 10.7 Å². The van der Waals surface area contributed by atoms with E-state index in [1.165, 1.54) is 0 Å². The molecule has 1 amide bonds. The van der Waals surface area contributed by atoms with Gasteiger partial charge in [-0.05, 0) is 26.7 Å². The molecule has 0 aliphatic carbocycles. The monoisotopic (exact) mass is 311 g/mol. The van der Waals surface area contributed by atoms with Crippen LogP contribution >= 0.6 is 11.3 Å². The second kappa shape index (κ2) is 7.00. The fourth-order valence-electron chi connectivity index (χ4n) is 2.39. The molecule has 0 spiro atoms. The lowest BCUT2D eigenvalue weighted by molar-refractivity contribution is -0.145. The summed E-state index contributed by atoms with van der Waals surface area (Å²) in [5.74, 6) is -1.04. The highest BCUT2D eigenvalue weighted by Crippen LogP contribution is 2.19. The van der Waals surface area contributed by atoms with E-state index in [-0.39, 0.29) is 24.4 Å². The number of nitrogens with zero attached hydrogens (tertiary/aromatic N) is 2. The lowest BCUT2D eigenvalue weighted by atomic mass is 9.97. The van der Waals surface area contributed by atoms with Crippen molar-refractivity contribution in [3.8, 4) is 0 Å². The van der Waals surface area contributed by atoms with Crippen LogP contribution in [-0.2, 0) is 9.59 Å². The Morgan fingerprint density at radius 2 is 2.19 bits per heavy atom. The van der Waals surface area contributed by atoms with Crippen molar-refractivity contribution in [2.75, 3.05) is 19.6 Å². The summed E-state index contributed by atoms with van der Waals surface area (Å²) in [6.45, 7) is 5.26. The summed E-state index contributed by atoms with van der Waals surface area (Å²) in [4.78, 5) is 29.1. The van der Waals surface area contributed by atoms with E-state index in [9.17, 15) is 9.59 Å². The van der Waals surface area contributed by atoms with Crippen molar-refractivity contribution < 1.29 is 14.7 Å². The molecule has 1 aromatic heterocycles. The minimum Gasteiger partial charge on any atom is -0.481 e. The molecule has 0 aromatic carbocycles. The Labute approximate surface area is 128 Å². The number of likely N-dealkylation sites (tertiary alicyclic amines) is 1. The van der Waals surface area contributed by atoms with Gasteiger partial charge in [-0.2, -0.15) is 0 Å². The molecule has 6 nitrogen and oxygen atoms in total. The second-order valence-corrected chi connectivity index (χ2v) is 6.31. The molecule has 1 fully saturated rings. The number of carboxylic acids is 1.